The molecule has 1 aromatic carbocycles. The molecule has 0 bridgehead atoms. The molecule has 3 nitrogen and oxygen atoms in total. The van der Waals surface area contributed by atoms with Crippen molar-refractivity contribution in [2.45, 2.75) is 38.8 Å². The fourth-order valence-corrected chi connectivity index (χ4v) is 4.17. The minimum absolute atomic E-state index is 0.393. The number of piperazine rings is 1. The van der Waals surface area contributed by atoms with Gasteiger partial charge in [0.15, 0.2) is 0 Å². The number of halogens is 1. The lowest BCUT2D eigenvalue weighted by molar-refractivity contribution is 0.230. The molecule has 2 unspecified atom stereocenters. The Kier molecular flexibility index (Phi) is 4.87. The van der Waals surface area contributed by atoms with E-state index in [1.165, 1.54) is 48.2 Å². The zero-order valence-corrected chi connectivity index (χ0v) is 14.7. The average molecular weight is 352 g/mol. The highest BCUT2D eigenvalue weighted by atomic mass is 79.9. The smallest absolute Gasteiger partial charge is 0.0416 e. The Morgan fingerprint density at radius 2 is 2.19 bits per heavy atom. The van der Waals surface area contributed by atoms with E-state index in [9.17, 15) is 0 Å². The maximum atomic E-state index is 3.63. The molecule has 2 heterocycles. The van der Waals surface area contributed by atoms with Crippen LogP contribution in [0, 0.1) is 0 Å². The van der Waals surface area contributed by atoms with Crippen molar-refractivity contribution in [2.24, 2.45) is 0 Å². The number of fused-ring (bicyclic) bond motifs is 1. The summed E-state index contributed by atoms with van der Waals surface area (Å²) in [5.74, 6) is 0. The first-order valence-electron chi connectivity index (χ1n) is 8.21. The molecule has 1 N–H and O–H groups in total. The van der Waals surface area contributed by atoms with E-state index >= 15 is 0 Å². The minimum atomic E-state index is 0.393. The van der Waals surface area contributed by atoms with E-state index in [4.69, 9.17) is 0 Å². The van der Waals surface area contributed by atoms with Gasteiger partial charge in [-0.1, -0.05) is 22.9 Å². The van der Waals surface area contributed by atoms with Crippen LogP contribution in [0.4, 0.5) is 5.69 Å². The molecule has 2 aliphatic rings. The van der Waals surface area contributed by atoms with Crippen LogP contribution in [0.1, 0.15) is 38.3 Å². The van der Waals surface area contributed by atoms with E-state index < -0.39 is 0 Å². The third-order valence-corrected chi connectivity index (χ3v) is 5.39. The van der Waals surface area contributed by atoms with E-state index in [1.54, 1.807) is 0 Å². The molecule has 0 radical (unpaired) electrons. The van der Waals surface area contributed by atoms with Crippen molar-refractivity contribution in [3.8, 4) is 0 Å². The molecule has 2 saturated heterocycles. The molecule has 2 aliphatic heterocycles. The Morgan fingerprint density at radius 3 is 3.00 bits per heavy atom. The molecule has 21 heavy (non-hydrogen) atoms. The van der Waals surface area contributed by atoms with Gasteiger partial charge in [-0.2, -0.15) is 0 Å². The SMILES string of the molecule is CCNC(C)c1cc(Br)ccc1N1CCN2CCCC2C1. The fourth-order valence-electron chi connectivity index (χ4n) is 3.79. The highest BCUT2D eigenvalue weighted by molar-refractivity contribution is 9.10. The van der Waals surface area contributed by atoms with Gasteiger partial charge >= 0.3 is 0 Å². The normalized spacial score (nSPS) is 24.1. The predicted octanol–water partition coefficient (Wildman–Crippen LogP) is 3.40. The number of benzene rings is 1. The number of anilines is 1. The molecular formula is C17H26BrN3. The van der Waals surface area contributed by atoms with Gasteiger partial charge in [-0.15, -0.1) is 0 Å². The maximum absolute atomic E-state index is 3.63. The molecule has 116 valence electrons. The summed E-state index contributed by atoms with van der Waals surface area (Å²) in [5, 5.41) is 3.56. The summed E-state index contributed by atoms with van der Waals surface area (Å²) in [4.78, 5) is 5.27. The van der Waals surface area contributed by atoms with Crippen LogP contribution in [0.25, 0.3) is 0 Å². The Hall–Kier alpha value is -0.580. The van der Waals surface area contributed by atoms with Gasteiger partial charge in [0.1, 0.15) is 0 Å². The Balaban J connectivity index is 1.83. The summed E-state index contributed by atoms with van der Waals surface area (Å²) in [6.07, 6.45) is 2.74. The van der Waals surface area contributed by atoms with Crippen LogP contribution in [0.2, 0.25) is 0 Å². The molecule has 2 fully saturated rings. The van der Waals surface area contributed by atoms with Crippen LogP contribution < -0.4 is 10.2 Å². The zero-order valence-electron chi connectivity index (χ0n) is 13.1. The fraction of sp³-hybridized carbons (Fsp3) is 0.647. The molecule has 0 aromatic heterocycles. The van der Waals surface area contributed by atoms with Crippen molar-refractivity contribution in [1.29, 1.82) is 0 Å². The second-order valence-electron chi connectivity index (χ2n) is 6.26. The lowest BCUT2D eigenvalue weighted by Crippen LogP contribution is -2.50. The summed E-state index contributed by atoms with van der Waals surface area (Å²) in [6.45, 7) is 10.3. The lowest BCUT2D eigenvalue weighted by Gasteiger charge is -2.40. The van der Waals surface area contributed by atoms with E-state index in [1.807, 2.05) is 0 Å². The zero-order chi connectivity index (χ0) is 14.8. The minimum Gasteiger partial charge on any atom is -0.368 e. The molecular weight excluding hydrogens is 326 g/mol. The number of hydrogen-bond donors (Lipinski definition) is 1. The molecule has 0 spiro atoms. The van der Waals surface area contributed by atoms with Crippen molar-refractivity contribution in [3.05, 3.63) is 28.2 Å². The van der Waals surface area contributed by atoms with E-state index in [0.717, 1.165) is 19.1 Å². The van der Waals surface area contributed by atoms with Gasteiger partial charge in [0.25, 0.3) is 0 Å². The number of nitrogens with zero attached hydrogens (tertiary/aromatic N) is 2. The first kappa shape index (κ1) is 15.3. The van der Waals surface area contributed by atoms with Crippen LogP contribution in [-0.4, -0.2) is 43.7 Å². The molecule has 2 atom stereocenters. The Morgan fingerprint density at radius 1 is 1.33 bits per heavy atom. The van der Waals surface area contributed by atoms with Crippen LogP contribution >= 0.6 is 15.9 Å². The monoisotopic (exact) mass is 351 g/mol. The second-order valence-corrected chi connectivity index (χ2v) is 7.18. The highest BCUT2D eigenvalue weighted by Crippen LogP contribution is 2.32. The Labute approximate surface area is 136 Å². The van der Waals surface area contributed by atoms with E-state index in [0.29, 0.717) is 6.04 Å². The topological polar surface area (TPSA) is 18.5 Å². The first-order valence-corrected chi connectivity index (χ1v) is 9.00. The maximum Gasteiger partial charge on any atom is 0.0416 e. The van der Waals surface area contributed by atoms with Gasteiger partial charge < -0.3 is 10.2 Å². The number of hydrogen-bond acceptors (Lipinski definition) is 3. The summed E-state index contributed by atoms with van der Waals surface area (Å²) in [5.41, 5.74) is 2.83. The van der Waals surface area contributed by atoms with Crippen LogP contribution in [0.5, 0.6) is 0 Å². The summed E-state index contributed by atoms with van der Waals surface area (Å²) >= 11 is 3.63. The van der Waals surface area contributed by atoms with Crippen molar-refractivity contribution < 1.29 is 0 Å². The molecule has 0 amide bonds. The van der Waals surface area contributed by atoms with Crippen molar-refractivity contribution in [3.63, 3.8) is 0 Å². The van der Waals surface area contributed by atoms with Gasteiger partial charge in [-0.25, -0.2) is 0 Å². The van der Waals surface area contributed by atoms with Crippen LogP contribution in [-0.2, 0) is 0 Å². The van der Waals surface area contributed by atoms with E-state index in [-0.39, 0.29) is 0 Å². The third kappa shape index (κ3) is 3.27. The van der Waals surface area contributed by atoms with Gasteiger partial charge in [0.05, 0.1) is 0 Å². The van der Waals surface area contributed by atoms with Gasteiger partial charge in [0, 0.05) is 41.9 Å². The third-order valence-electron chi connectivity index (χ3n) is 4.89. The summed E-state index contributed by atoms with van der Waals surface area (Å²) in [7, 11) is 0. The van der Waals surface area contributed by atoms with Crippen LogP contribution in [0.3, 0.4) is 0 Å². The lowest BCUT2D eigenvalue weighted by atomic mass is 10.0. The summed E-state index contributed by atoms with van der Waals surface area (Å²) in [6, 6.07) is 7.91. The molecule has 0 aliphatic carbocycles. The van der Waals surface area contributed by atoms with Gasteiger partial charge in [-0.3, -0.25) is 4.90 Å². The quantitative estimate of drug-likeness (QED) is 0.896. The van der Waals surface area contributed by atoms with Gasteiger partial charge in [0.2, 0.25) is 0 Å². The first-order chi connectivity index (χ1) is 10.2. The molecule has 1 aromatic rings. The largest absolute Gasteiger partial charge is 0.368 e. The molecule has 4 heteroatoms. The predicted molar refractivity (Wildman–Crippen MR) is 93.0 cm³/mol. The summed E-state index contributed by atoms with van der Waals surface area (Å²) < 4.78 is 1.17. The number of rotatable bonds is 4. The highest BCUT2D eigenvalue weighted by Gasteiger charge is 2.31. The average Bonchev–Trinajstić information content (AvgIpc) is 2.94. The Bertz CT molecular complexity index is 491. The van der Waals surface area contributed by atoms with Crippen molar-refractivity contribution >= 4 is 21.6 Å². The second kappa shape index (κ2) is 6.67. The molecule has 3 rings (SSSR count). The standard InChI is InChI=1S/C17H26BrN3/c1-3-19-13(2)16-11-14(18)6-7-17(16)21-10-9-20-8-4-5-15(20)12-21/h6-7,11,13,15,19H,3-5,8-10,12H2,1-2H3. The van der Waals surface area contributed by atoms with Crippen molar-refractivity contribution in [1.82, 2.24) is 10.2 Å². The van der Waals surface area contributed by atoms with Crippen LogP contribution in [0.15, 0.2) is 22.7 Å². The molecule has 0 saturated carbocycles. The number of nitrogens with one attached hydrogen (secondary N) is 1. The van der Waals surface area contributed by atoms with E-state index in [2.05, 4.69) is 63.1 Å². The van der Waals surface area contributed by atoms with Crippen molar-refractivity contribution in [2.75, 3.05) is 37.6 Å². The van der Waals surface area contributed by atoms with Gasteiger partial charge in [-0.05, 0) is 56.6 Å².